The van der Waals surface area contributed by atoms with Crippen LogP contribution in [-0.4, -0.2) is 9.78 Å². The van der Waals surface area contributed by atoms with Crippen LogP contribution in [0.1, 0.15) is 58.2 Å². The number of rotatable bonds is 1. The summed E-state index contributed by atoms with van der Waals surface area (Å²) in [7, 11) is 0. The normalized spacial score (nSPS) is 26.4. The lowest BCUT2D eigenvalue weighted by Crippen LogP contribution is -2.32. The summed E-state index contributed by atoms with van der Waals surface area (Å²) in [6.07, 6.45) is 0.437. The maximum Gasteiger partial charge on any atom is 0.293 e. The maximum absolute atomic E-state index is 14.5. The van der Waals surface area contributed by atoms with E-state index in [4.69, 9.17) is 5.73 Å². The van der Waals surface area contributed by atoms with Gasteiger partial charge in [-0.2, -0.15) is 13.9 Å². The Morgan fingerprint density at radius 2 is 1.94 bits per heavy atom. The fourth-order valence-corrected chi connectivity index (χ4v) is 3.00. The van der Waals surface area contributed by atoms with Crippen molar-refractivity contribution < 1.29 is 8.78 Å². The van der Waals surface area contributed by atoms with Gasteiger partial charge in [0, 0.05) is 11.5 Å². The minimum atomic E-state index is -2.85. The van der Waals surface area contributed by atoms with E-state index < -0.39 is 17.4 Å². The molecule has 102 valence electrons. The molecular formula is C13H21F2N3. The van der Waals surface area contributed by atoms with Crippen LogP contribution in [0, 0.1) is 5.92 Å². The molecule has 1 aliphatic rings. The van der Waals surface area contributed by atoms with E-state index in [1.165, 1.54) is 4.68 Å². The second kappa shape index (κ2) is 3.68. The van der Waals surface area contributed by atoms with Crippen LogP contribution in [0.3, 0.4) is 0 Å². The number of nitrogens with zero attached hydrogens (tertiary/aromatic N) is 2. The quantitative estimate of drug-likeness (QED) is 0.837. The first-order chi connectivity index (χ1) is 8.12. The van der Waals surface area contributed by atoms with Crippen molar-refractivity contribution in [3.63, 3.8) is 0 Å². The fraction of sp³-hybridized carbons (Fsp3) is 0.769. The topological polar surface area (TPSA) is 43.8 Å². The van der Waals surface area contributed by atoms with Gasteiger partial charge in [0.05, 0.1) is 5.54 Å². The third kappa shape index (κ3) is 1.56. The minimum Gasteiger partial charge on any atom is -0.382 e. The van der Waals surface area contributed by atoms with E-state index >= 15 is 0 Å². The summed E-state index contributed by atoms with van der Waals surface area (Å²) in [5.41, 5.74) is 5.92. The highest BCUT2D eigenvalue weighted by Gasteiger charge is 2.56. The van der Waals surface area contributed by atoms with Gasteiger partial charge in [0.2, 0.25) is 0 Å². The van der Waals surface area contributed by atoms with Gasteiger partial charge in [-0.1, -0.05) is 13.8 Å². The molecule has 0 radical (unpaired) electrons. The van der Waals surface area contributed by atoms with Crippen molar-refractivity contribution in [2.75, 3.05) is 5.73 Å². The van der Waals surface area contributed by atoms with E-state index in [2.05, 4.69) is 5.10 Å². The van der Waals surface area contributed by atoms with Gasteiger partial charge in [-0.05, 0) is 33.1 Å². The van der Waals surface area contributed by atoms with Crippen molar-refractivity contribution in [2.45, 2.75) is 58.4 Å². The summed E-state index contributed by atoms with van der Waals surface area (Å²) >= 11 is 0. The number of alkyl halides is 2. The summed E-state index contributed by atoms with van der Waals surface area (Å²) in [6.45, 7) is 9.20. The lowest BCUT2D eigenvalue weighted by molar-refractivity contribution is -0.0694. The average molecular weight is 257 g/mol. The first kappa shape index (κ1) is 13.3. The van der Waals surface area contributed by atoms with E-state index in [0.717, 1.165) is 0 Å². The highest BCUT2D eigenvalue weighted by molar-refractivity contribution is 5.51. The van der Waals surface area contributed by atoms with Crippen LogP contribution >= 0.6 is 0 Å². The second-order valence-electron chi connectivity index (χ2n) is 6.16. The fourth-order valence-electron chi connectivity index (χ4n) is 3.00. The molecule has 2 rings (SSSR count). The molecule has 0 aliphatic heterocycles. The predicted octanol–water partition coefficient (Wildman–Crippen LogP) is 3.46. The van der Waals surface area contributed by atoms with E-state index in [0.29, 0.717) is 12.0 Å². The largest absolute Gasteiger partial charge is 0.382 e. The molecule has 0 saturated carbocycles. The van der Waals surface area contributed by atoms with Crippen molar-refractivity contribution in [1.29, 1.82) is 0 Å². The molecule has 0 fully saturated rings. The molecule has 0 unspecified atom stereocenters. The Labute approximate surface area is 106 Å². The summed E-state index contributed by atoms with van der Waals surface area (Å²) in [5.74, 6) is -3.51. The molecule has 0 aromatic carbocycles. The molecule has 2 atom stereocenters. The highest BCUT2D eigenvalue weighted by atomic mass is 19.3. The Balaban J connectivity index is 2.70. The standard InChI is InChI=1S/C13H21F2N3/c1-6-8-7(2)9-10(13(8,14)15)18(12(3,4)5)17-11(9)16/h7-8H,6H2,1-5H3,(H2,16,17)/t7-,8+/m0/s1. The van der Waals surface area contributed by atoms with Gasteiger partial charge in [0.15, 0.2) is 0 Å². The van der Waals surface area contributed by atoms with E-state index in [9.17, 15) is 8.78 Å². The summed E-state index contributed by atoms with van der Waals surface area (Å²) in [6, 6.07) is 0. The van der Waals surface area contributed by atoms with Gasteiger partial charge < -0.3 is 5.73 Å². The van der Waals surface area contributed by atoms with Gasteiger partial charge in [-0.15, -0.1) is 0 Å². The molecule has 0 amide bonds. The van der Waals surface area contributed by atoms with Crippen molar-refractivity contribution in [2.24, 2.45) is 5.92 Å². The SMILES string of the molecule is CC[C@@H]1[C@H](C)c2c(N)nn(C(C)(C)C)c2C1(F)F. The smallest absolute Gasteiger partial charge is 0.293 e. The maximum atomic E-state index is 14.5. The predicted molar refractivity (Wildman–Crippen MR) is 67.7 cm³/mol. The summed E-state index contributed by atoms with van der Waals surface area (Å²) < 4.78 is 30.5. The molecule has 1 heterocycles. The Morgan fingerprint density at radius 3 is 2.39 bits per heavy atom. The lowest BCUT2D eigenvalue weighted by Gasteiger charge is -2.27. The molecule has 0 spiro atoms. The first-order valence-electron chi connectivity index (χ1n) is 6.39. The zero-order valence-electron chi connectivity index (χ0n) is 11.6. The van der Waals surface area contributed by atoms with Crippen molar-refractivity contribution in [3.05, 3.63) is 11.3 Å². The van der Waals surface area contributed by atoms with Crippen molar-refractivity contribution in [3.8, 4) is 0 Å². The van der Waals surface area contributed by atoms with E-state index in [1.807, 2.05) is 27.7 Å². The average Bonchev–Trinajstić information content (AvgIpc) is 2.64. The number of hydrogen-bond acceptors (Lipinski definition) is 2. The van der Waals surface area contributed by atoms with Crippen LogP contribution in [0.25, 0.3) is 0 Å². The first-order valence-corrected chi connectivity index (χ1v) is 6.39. The van der Waals surface area contributed by atoms with Crippen LogP contribution in [0.2, 0.25) is 0 Å². The van der Waals surface area contributed by atoms with E-state index in [-0.39, 0.29) is 17.4 Å². The van der Waals surface area contributed by atoms with Crippen molar-refractivity contribution in [1.82, 2.24) is 9.78 Å². The molecule has 1 aliphatic carbocycles. The zero-order valence-corrected chi connectivity index (χ0v) is 11.6. The molecule has 0 saturated heterocycles. The number of nitrogens with two attached hydrogens (primary N) is 1. The zero-order chi connectivity index (χ0) is 13.9. The number of nitrogen functional groups attached to an aromatic ring is 1. The number of anilines is 1. The van der Waals surface area contributed by atoms with Gasteiger partial charge >= 0.3 is 0 Å². The van der Waals surface area contributed by atoms with E-state index in [1.54, 1.807) is 6.92 Å². The number of hydrogen-bond donors (Lipinski definition) is 1. The Kier molecular flexibility index (Phi) is 2.72. The molecule has 1 aromatic rings. The molecule has 3 nitrogen and oxygen atoms in total. The van der Waals surface area contributed by atoms with Crippen LogP contribution < -0.4 is 5.73 Å². The van der Waals surface area contributed by atoms with Crippen LogP contribution in [0.15, 0.2) is 0 Å². The van der Waals surface area contributed by atoms with Gasteiger partial charge in [0.25, 0.3) is 5.92 Å². The number of aromatic nitrogens is 2. The van der Waals surface area contributed by atoms with Crippen LogP contribution in [-0.2, 0) is 11.5 Å². The monoisotopic (exact) mass is 257 g/mol. The highest BCUT2D eigenvalue weighted by Crippen LogP contribution is 2.56. The minimum absolute atomic E-state index is 0.0202. The van der Waals surface area contributed by atoms with Crippen LogP contribution in [0.4, 0.5) is 14.6 Å². The van der Waals surface area contributed by atoms with Gasteiger partial charge in [0.1, 0.15) is 11.5 Å². The van der Waals surface area contributed by atoms with Gasteiger partial charge in [-0.3, -0.25) is 4.68 Å². The lowest BCUT2D eigenvalue weighted by atomic mass is 9.91. The second-order valence-corrected chi connectivity index (χ2v) is 6.16. The molecular weight excluding hydrogens is 236 g/mol. The number of halogens is 2. The van der Waals surface area contributed by atoms with Crippen LogP contribution in [0.5, 0.6) is 0 Å². The Morgan fingerprint density at radius 1 is 1.39 bits per heavy atom. The summed E-state index contributed by atoms with van der Waals surface area (Å²) in [4.78, 5) is 0. The molecule has 5 heteroatoms. The Hall–Kier alpha value is -1.13. The third-order valence-electron chi connectivity index (χ3n) is 3.87. The van der Waals surface area contributed by atoms with Crippen molar-refractivity contribution >= 4 is 5.82 Å². The van der Waals surface area contributed by atoms with Gasteiger partial charge in [-0.25, -0.2) is 0 Å². The Bertz CT molecular complexity index is 471. The molecule has 1 aromatic heterocycles. The molecule has 0 bridgehead atoms. The number of fused-ring (bicyclic) bond motifs is 1. The summed E-state index contributed by atoms with van der Waals surface area (Å²) in [5, 5.41) is 4.13. The molecule has 2 N–H and O–H groups in total. The third-order valence-corrected chi connectivity index (χ3v) is 3.87. The molecule has 18 heavy (non-hydrogen) atoms.